The van der Waals surface area contributed by atoms with Crippen LogP contribution in [0.5, 0.6) is 0 Å². The highest BCUT2D eigenvalue weighted by molar-refractivity contribution is 5.90. The molecule has 3 N–H and O–H groups in total. The third-order valence-corrected chi connectivity index (χ3v) is 2.97. The summed E-state index contributed by atoms with van der Waals surface area (Å²) in [5, 5.41) is 10.1. The normalized spacial score (nSPS) is 10.7. The fraction of sp³-hybridized carbons (Fsp3) is 0.154. The number of para-hydroxylation sites is 1. The van der Waals surface area contributed by atoms with Gasteiger partial charge < -0.3 is 4.98 Å². The molecule has 96 valence electrons. The molecule has 1 amide bonds. The fourth-order valence-electron chi connectivity index (χ4n) is 2.05. The number of rotatable bonds is 4. The highest BCUT2D eigenvalue weighted by atomic mass is 16.1. The molecule has 2 aromatic heterocycles. The lowest BCUT2D eigenvalue weighted by Gasteiger charge is -2.01. The van der Waals surface area contributed by atoms with Crippen molar-refractivity contribution in [3.8, 4) is 0 Å². The first-order valence-corrected chi connectivity index (χ1v) is 6.03. The summed E-state index contributed by atoms with van der Waals surface area (Å²) in [6, 6.07) is 8.05. The van der Waals surface area contributed by atoms with Gasteiger partial charge in [-0.05, 0) is 18.1 Å². The first kappa shape index (κ1) is 11.5. The number of carbonyl (C=O) groups excluding carboxylic acids is 1. The summed E-state index contributed by atoms with van der Waals surface area (Å²) in [6.45, 7) is 0. The Hall–Kier alpha value is -2.63. The van der Waals surface area contributed by atoms with Gasteiger partial charge in [-0.1, -0.05) is 18.2 Å². The molecular formula is C13H13N5O. The number of fused-ring (bicyclic) bond motifs is 1. The number of benzene rings is 1. The molecule has 2 heterocycles. The van der Waals surface area contributed by atoms with E-state index in [1.165, 1.54) is 6.33 Å². The summed E-state index contributed by atoms with van der Waals surface area (Å²) in [5.41, 5.74) is 2.23. The summed E-state index contributed by atoms with van der Waals surface area (Å²) >= 11 is 0. The number of nitrogens with one attached hydrogen (secondary N) is 3. The number of hydrogen-bond donors (Lipinski definition) is 3. The van der Waals surface area contributed by atoms with E-state index < -0.39 is 0 Å². The Morgan fingerprint density at radius 2 is 2.21 bits per heavy atom. The van der Waals surface area contributed by atoms with Gasteiger partial charge in [0, 0.05) is 23.5 Å². The summed E-state index contributed by atoms with van der Waals surface area (Å²) in [7, 11) is 0. The molecule has 0 atom stereocenters. The molecule has 3 aromatic rings. The van der Waals surface area contributed by atoms with Crippen molar-refractivity contribution in [2.24, 2.45) is 0 Å². The van der Waals surface area contributed by atoms with E-state index in [9.17, 15) is 4.79 Å². The largest absolute Gasteiger partial charge is 0.361 e. The molecule has 0 aliphatic rings. The molecule has 19 heavy (non-hydrogen) atoms. The summed E-state index contributed by atoms with van der Waals surface area (Å²) in [4.78, 5) is 18.8. The van der Waals surface area contributed by atoms with E-state index in [1.54, 1.807) is 0 Å². The molecule has 0 unspecified atom stereocenters. The lowest BCUT2D eigenvalue weighted by atomic mass is 10.1. The second-order valence-electron chi connectivity index (χ2n) is 4.24. The molecule has 0 fully saturated rings. The molecule has 0 aliphatic heterocycles. The van der Waals surface area contributed by atoms with Crippen molar-refractivity contribution in [2.75, 3.05) is 5.32 Å². The minimum atomic E-state index is -0.0815. The lowest BCUT2D eigenvalue weighted by Crippen LogP contribution is -2.13. The van der Waals surface area contributed by atoms with E-state index in [0.29, 0.717) is 18.8 Å². The van der Waals surface area contributed by atoms with E-state index in [2.05, 4.69) is 31.5 Å². The number of H-pyrrole nitrogens is 2. The SMILES string of the molecule is O=C(CCc1c[nH]c2ccccc12)Nc1ncn[nH]1. The Bertz CT molecular complexity index is 686. The molecule has 1 aromatic carbocycles. The summed E-state index contributed by atoms with van der Waals surface area (Å²) < 4.78 is 0. The van der Waals surface area contributed by atoms with Crippen LogP contribution in [0.1, 0.15) is 12.0 Å². The van der Waals surface area contributed by atoms with Gasteiger partial charge in [-0.25, -0.2) is 5.10 Å². The van der Waals surface area contributed by atoms with Gasteiger partial charge in [-0.2, -0.15) is 10.1 Å². The van der Waals surface area contributed by atoms with Crippen molar-refractivity contribution in [3.63, 3.8) is 0 Å². The zero-order valence-corrected chi connectivity index (χ0v) is 10.2. The standard InChI is InChI=1S/C13H13N5O/c19-12(17-13-15-8-16-18-13)6-5-9-7-14-11-4-2-1-3-10(9)11/h1-4,7-8,14H,5-6H2,(H2,15,16,17,18,19). The zero-order valence-electron chi connectivity index (χ0n) is 10.2. The smallest absolute Gasteiger partial charge is 0.227 e. The summed E-state index contributed by atoms with van der Waals surface area (Å²) in [6.07, 6.45) is 4.40. The predicted molar refractivity (Wildman–Crippen MR) is 71.6 cm³/mol. The third kappa shape index (κ3) is 2.47. The second kappa shape index (κ2) is 4.93. The van der Waals surface area contributed by atoms with Crippen LogP contribution in [0, 0.1) is 0 Å². The van der Waals surface area contributed by atoms with Crippen molar-refractivity contribution in [1.29, 1.82) is 0 Å². The van der Waals surface area contributed by atoms with E-state index in [0.717, 1.165) is 16.5 Å². The van der Waals surface area contributed by atoms with Crippen LogP contribution in [0.25, 0.3) is 10.9 Å². The predicted octanol–water partition coefficient (Wildman–Crippen LogP) is 1.86. The molecule has 0 bridgehead atoms. The van der Waals surface area contributed by atoms with Crippen molar-refractivity contribution in [2.45, 2.75) is 12.8 Å². The van der Waals surface area contributed by atoms with E-state index in [-0.39, 0.29) is 5.91 Å². The molecule has 0 radical (unpaired) electrons. The number of hydrogen-bond acceptors (Lipinski definition) is 3. The Morgan fingerprint density at radius 3 is 3.05 bits per heavy atom. The molecule has 0 aliphatic carbocycles. The Balaban J connectivity index is 1.64. The van der Waals surface area contributed by atoms with Crippen LogP contribution >= 0.6 is 0 Å². The zero-order chi connectivity index (χ0) is 13.1. The minimum absolute atomic E-state index is 0.0815. The van der Waals surface area contributed by atoms with Gasteiger partial charge in [-0.15, -0.1) is 0 Å². The first-order valence-electron chi connectivity index (χ1n) is 6.03. The van der Waals surface area contributed by atoms with E-state index in [1.807, 2.05) is 24.4 Å². The van der Waals surface area contributed by atoms with Crippen LogP contribution in [0.2, 0.25) is 0 Å². The average Bonchev–Trinajstić information content (AvgIpc) is 3.05. The van der Waals surface area contributed by atoms with Crippen LogP contribution in [0.15, 0.2) is 36.8 Å². The molecule has 0 saturated carbocycles. The molecule has 6 nitrogen and oxygen atoms in total. The second-order valence-corrected chi connectivity index (χ2v) is 4.24. The van der Waals surface area contributed by atoms with Gasteiger partial charge >= 0.3 is 0 Å². The number of aromatic amines is 2. The maximum absolute atomic E-state index is 11.7. The topological polar surface area (TPSA) is 86.5 Å². The monoisotopic (exact) mass is 255 g/mol. The van der Waals surface area contributed by atoms with Gasteiger partial charge in [0.15, 0.2) is 0 Å². The van der Waals surface area contributed by atoms with Crippen molar-refractivity contribution < 1.29 is 4.79 Å². The highest BCUT2D eigenvalue weighted by Gasteiger charge is 2.07. The number of aromatic nitrogens is 4. The summed E-state index contributed by atoms with van der Waals surface area (Å²) in [5.74, 6) is 0.297. The van der Waals surface area contributed by atoms with Gasteiger partial charge in [0.1, 0.15) is 6.33 Å². The van der Waals surface area contributed by atoms with Gasteiger partial charge in [0.05, 0.1) is 0 Å². The molecule has 0 saturated heterocycles. The first-order chi connectivity index (χ1) is 9.33. The highest BCUT2D eigenvalue weighted by Crippen LogP contribution is 2.18. The van der Waals surface area contributed by atoms with Gasteiger partial charge in [-0.3, -0.25) is 10.1 Å². The van der Waals surface area contributed by atoms with Crippen molar-refractivity contribution >= 4 is 22.8 Å². The van der Waals surface area contributed by atoms with Crippen LogP contribution < -0.4 is 5.32 Å². The Kier molecular flexibility index (Phi) is 2.97. The van der Waals surface area contributed by atoms with Gasteiger partial charge in [0.25, 0.3) is 0 Å². The Morgan fingerprint density at radius 1 is 1.32 bits per heavy atom. The Labute approximate surface area is 109 Å². The molecule has 0 spiro atoms. The number of anilines is 1. The van der Waals surface area contributed by atoms with Crippen molar-refractivity contribution in [1.82, 2.24) is 20.2 Å². The molecule has 3 rings (SSSR count). The maximum Gasteiger partial charge on any atom is 0.227 e. The quantitative estimate of drug-likeness (QED) is 0.665. The van der Waals surface area contributed by atoms with E-state index >= 15 is 0 Å². The maximum atomic E-state index is 11.7. The third-order valence-electron chi connectivity index (χ3n) is 2.97. The fourth-order valence-corrected chi connectivity index (χ4v) is 2.05. The molecule has 6 heteroatoms. The van der Waals surface area contributed by atoms with Gasteiger partial charge in [0.2, 0.25) is 11.9 Å². The van der Waals surface area contributed by atoms with Crippen LogP contribution in [0.3, 0.4) is 0 Å². The molecular weight excluding hydrogens is 242 g/mol. The number of aryl methyl sites for hydroxylation is 1. The number of nitrogens with zero attached hydrogens (tertiary/aromatic N) is 2. The van der Waals surface area contributed by atoms with Crippen LogP contribution in [-0.2, 0) is 11.2 Å². The number of amides is 1. The van der Waals surface area contributed by atoms with Crippen molar-refractivity contribution in [3.05, 3.63) is 42.4 Å². The van der Waals surface area contributed by atoms with Crippen LogP contribution in [0.4, 0.5) is 5.95 Å². The minimum Gasteiger partial charge on any atom is -0.361 e. The van der Waals surface area contributed by atoms with Crippen LogP contribution in [-0.4, -0.2) is 26.1 Å². The van der Waals surface area contributed by atoms with E-state index in [4.69, 9.17) is 0 Å². The number of carbonyl (C=O) groups is 1. The average molecular weight is 255 g/mol. The lowest BCUT2D eigenvalue weighted by molar-refractivity contribution is -0.116.